The average molecular weight is 860 g/mol. The number of rotatable bonds is 7. The van der Waals surface area contributed by atoms with Crippen molar-refractivity contribution in [3.8, 4) is 44.5 Å². The van der Waals surface area contributed by atoms with Crippen LogP contribution in [0.25, 0.3) is 64.7 Å². The van der Waals surface area contributed by atoms with Gasteiger partial charge < -0.3 is 4.90 Å². The number of thiophene rings is 1. The summed E-state index contributed by atoms with van der Waals surface area (Å²) in [4.78, 5) is 2.45. The Hall–Kier alpha value is -7.78. The summed E-state index contributed by atoms with van der Waals surface area (Å²) in [6.07, 6.45) is 0. The fourth-order valence-electron chi connectivity index (χ4n) is 11.5. The van der Waals surface area contributed by atoms with Gasteiger partial charge in [0.15, 0.2) is 0 Å². The Morgan fingerprint density at radius 1 is 0.333 bits per heavy atom. The highest BCUT2D eigenvalue weighted by Gasteiger charge is 2.46. The maximum atomic E-state index is 2.47. The minimum absolute atomic E-state index is 0.116. The quantitative estimate of drug-likeness (QED) is 0.154. The monoisotopic (exact) mass is 859 g/mol. The molecule has 0 N–H and O–H groups in total. The minimum Gasteiger partial charge on any atom is -0.310 e. The lowest BCUT2D eigenvalue weighted by atomic mass is 9.67. The van der Waals surface area contributed by atoms with Gasteiger partial charge in [0.05, 0.1) is 11.1 Å². The zero-order valence-corrected chi connectivity index (χ0v) is 37.7. The molecule has 0 aliphatic heterocycles. The van der Waals surface area contributed by atoms with Crippen LogP contribution >= 0.6 is 11.3 Å². The van der Waals surface area contributed by atoms with Gasteiger partial charge in [0.1, 0.15) is 0 Å². The number of fused-ring (bicyclic) bond motifs is 9. The van der Waals surface area contributed by atoms with Crippen LogP contribution in [-0.2, 0) is 10.8 Å². The van der Waals surface area contributed by atoms with E-state index in [9.17, 15) is 0 Å². The molecule has 0 radical (unpaired) electrons. The van der Waals surface area contributed by atoms with Crippen LogP contribution in [0.1, 0.15) is 47.2 Å². The van der Waals surface area contributed by atoms with E-state index in [1.165, 1.54) is 98.1 Å². The number of hydrogen-bond donors (Lipinski definition) is 0. The predicted octanol–water partition coefficient (Wildman–Crippen LogP) is 17.5. The zero-order valence-electron chi connectivity index (χ0n) is 36.9. The Kier molecular flexibility index (Phi) is 8.72. The molecule has 10 aromatic carbocycles. The van der Waals surface area contributed by atoms with Crippen molar-refractivity contribution in [1.29, 1.82) is 0 Å². The third-order valence-corrected chi connectivity index (χ3v) is 15.7. The van der Waals surface area contributed by atoms with Gasteiger partial charge in [0, 0.05) is 42.5 Å². The molecular formula is C64H45NS. The molecule has 66 heavy (non-hydrogen) atoms. The van der Waals surface area contributed by atoms with Crippen molar-refractivity contribution < 1.29 is 0 Å². The molecule has 0 saturated heterocycles. The highest BCUT2D eigenvalue weighted by Crippen LogP contribution is 2.57. The second kappa shape index (κ2) is 14.9. The van der Waals surface area contributed by atoms with Crippen molar-refractivity contribution in [2.75, 3.05) is 4.90 Å². The molecule has 1 aromatic heterocycles. The lowest BCUT2D eigenvalue weighted by molar-refractivity contribution is 0.660. The molecule has 11 aromatic rings. The Morgan fingerprint density at radius 2 is 0.848 bits per heavy atom. The highest BCUT2D eigenvalue weighted by molar-refractivity contribution is 7.25. The van der Waals surface area contributed by atoms with Crippen LogP contribution in [0.15, 0.2) is 237 Å². The molecule has 0 bridgehead atoms. The molecule has 0 atom stereocenters. The van der Waals surface area contributed by atoms with E-state index in [0.29, 0.717) is 0 Å². The maximum Gasteiger partial charge on any atom is 0.0713 e. The standard InChI is InChI=1S/C64H45NS/c1-63(2)56-23-11-6-19-50(56)53-38-37-48(41-59(53)63)65(60-26-14-9-18-49(60)44-16-4-3-5-17-44)47-35-30-43(31-36-47)42-28-32-45(33-29-42)64(57-24-12-7-20-51(57)52-21-8-13-25-58(52)64)46-34-39-62-55(40-46)54-22-10-15-27-61(54)66-62/h3-41H,1-2H3. The molecule has 0 unspecified atom stereocenters. The molecule has 0 amide bonds. The summed E-state index contributed by atoms with van der Waals surface area (Å²) in [5.41, 5.74) is 20.8. The van der Waals surface area contributed by atoms with E-state index in [1.807, 2.05) is 11.3 Å². The molecule has 0 fully saturated rings. The molecule has 2 aliphatic rings. The summed E-state index contributed by atoms with van der Waals surface area (Å²) >= 11 is 1.88. The normalized spacial score (nSPS) is 13.8. The van der Waals surface area contributed by atoms with Crippen LogP contribution in [0, 0.1) is 0 Å². The van der Waals surface area contributed by atoms with Crippen molar-refractivity contribution in [2.24, 2.45) is 0 Å². The number of benzene rings is 10. The van der Waals surface area contributed by atoms with Crippen LogP contribution in [0.4, 0.5) is 17.1 Å². The first-order valence-electron chi connectivity index (χ1n) is 23.0. The summed E-state index contributed by atoms with van der Waals surface area (Å²) in [6, 6.07) is 88.2. The molecule has 0 saturated carbocycles. The van der Waals surface area contributed by atoms with Crippen molar-refractivity contribution in [2.45, 2.75) is 24.7 Å². The van der Waals surface area contributed by atoms with Gasteiger partial charge in [0.2, 0.25) is 0 Å². The van der Waals surface area contributed by atoms with E-state index in [0.717, 1.165) is 17.1 Å². The topological polar surface area (TPSA) is 3.24 Å². The number of para-hydroxylation sites is 1. The van der Waals surface area contributed by atoms with Crippen LogP contribution in [0.5, 0.6) is 0 Å². The molecule has 1 heterocycles. The third-order valence-electron chi connectivity index (χ3n) is 14.6. The van der Waals surface area contributed by atoms with Crippen LogP contribution in [0.2, 0.25) is 0 Å². The van der Waals surface area contributed by atoms with Crippen LogP contribution in [-0.4, -0.2) is 0 Å². The van der Waals surface area contributed by atoms with Gasteiger partial charge >= 0.3 is 0 Å². The molecule has 13 rings (SSSR count). The Bertz CT molecular complexity index is 3620. The summed E-state index contributed by atoms with van der Waals surface area (Å²) in [7, 11) is 0. The molecule has 2 heteroatoms. The third kappa shape index (κ3) is 5.71. The summed E-state index contributed by atoms with van der Waals surface area (Å²) in [5, 5.41) is 2.64. The summed E-state index contributed by atoms with van der Waals surface area (Å²) < 4.78 is 2.65. The average Bonchev–Trinajstić information content (AvgIpc) is 3.98. The van der Waals surface area contributed by atoms with E-state index in [4.69, 9.17) is 0 Å². The SMILES string of the molecule is CC1(C)c2ccccc2-c2ccc(N(c3ccc(-c4ccc(C5(c6ccc7sc8ccccc8c7c6)c6ccccc6-c6ccccc65)cc4)cc3)c3ccccc3-c3ccccc3)cc21. The minimum atomic E-state index is -0.481. The number of hydrogen-bond acceptors (Lipinski definition) is 2. The van der Waals surface area contributed by atoms with E-state index in [1.54, 1.807) is 0 Å². The van der Waals surface area contributed by atoms with E-state index in [-0.39, 0.29) is 5.41 Å². The number of nitrogens with zero attached hydrogens (tertiary/aromatic N) is 1. The van der Waals surface area contributed by atoms with Crippen molar-refractivity contribution >= 4 is 48.6 Å². The first-order valence-corrected chi connectivity index (χ1v) is 23.8. The van der Waals surface area contributed by atoms with Gasteiger partial charge in [-0.2, -0.15) is 0 Å². The maximum absolute atomic E-state index is 2.47. The van der Waals surface area contributed by atoms with Gasteiger partial charge in [-0.1, -0.05) is 202 Å². The predicted molar refractivity (Wildman–Crippen MR) is 280 cm³/mol. The van der Waals surface area contributed by atoms with Gasteiger partial charge in [-0.15, -0.1) is 11.3 Å². The van der Waals surface area contributed by atoms with Crippen molar-refractivity contribution in [3.05, 3.63) is 270 Å². The fraction of sp³-hybridized carbons (Fsp3) is 0.0625. The van der Waals surface area contributed by atoms with Gasteiger partial charge in [-0.25, -0.2) is 0 Å². The van der Waals surface area contributed by atoms with E-state index in [2.05, 4.69) is 255 Å². The lowest BCUT2D eigenvalue weighted by Crippen LogP contribution is -2.28. The van der Waals surface area contributed by atoms with Gasteiger partial charge in [0.25, 0.3) is 0 Å². The first kappa shape index (κ1) is 38.7. The second-order valence-electron chi connectivity index (χ2n) is 18.4. The number of anilines is 3. The molecule has 2 aliphatic carbocycles. The largest absolute Gasteiger partial charge is 0.310 e. The van der Waals surface area contributed by atoms with E-state index >= 15 is 0 Å². The first-order chi connectivity index (χ1) is 32.5. The lowest BCUT2D eigenvalue weighted by Gasteiger charge is -2.34. The smallest absolute Gasteiger partial charge is 0.0713 e. The highest BCUT2D eigenvalue weighted by atomic mass is 32.1. The fourth-order valence-corrected chi connectivity index (χ4v) is 12.6. The Morgan fingerprint density at radius 3 is 1.56 bits per heavy atom. The molecular weight excluding hydrogens is 815 g/mol. The van der Waals surface area contributed by atoms with Gasteiger partial charge in [-0.05, 0) is 121 Å². The Labute approximate surface area is 390 Å². The van der Waals surface area contributed by atoms with Crippen LogP contribution in [0.3, 0.4) is 0 Å². The molecule has 312 valence electrons. The van der Waals surface area contributed by atoms with Crippen LogP contribution < -0.4 is 4.90 Å². The zero-order chi connectivity index (χ0) is 44.0. The van der Waals surface area contributed by atoms with Crippen molar-refractivity contribution in [1.82, 2.24) is 0 Å². The van der Waals surface area contributed by atoms with Gasteiger partial charge in [-0.3, -0.25) is 0 Å². The van der Waals surface area contributed by atoms with Crippen molar-refractivity contribution in [3.63, 3.8) is 0 Å². The molecule has 1 nitrogen and oxygen atoms in total. The molecule has 0 spiro atoms. The second-order valence-corrected chi connectivity index (χ2v) is 19.5. The van der Waals surface area contributed by atoms with E-state index < -0.39 is 5.41 Å². The summed E-state index contributed by atoms with van der Waals surface area (Å²) in [6.45, 7) is 4.72. The summed E-state index contributed by atoms with van der Waals surface area (Å²) in [5.74, 6) is 0. The Balaban J connectivity index is 0.929.